The van der Waals surface area contributed by atoms with Gasteiger partial charge in [0.2, 0.25) is 0 Å². The largest absolute Gasteiger partial charge is 0.389 e. The Morgan fingerprint density at radius 1 is 1.20 bits per heavy atom. The van der Waals surface area contributed by atoms with Crippen LogP contribution in [0.2, 0.25) is 0 Å². The van der Waals surface area contributed by atoms with Gasteiger partial charge in [0.1, 0.15) is 0 Å². The zero-order chi connectivity index (χ0) is 17.6. The standard InChI is InChI=1S/C18H31N3O3.HI/c1-4-19-18(20-11-12-23-5-2)21-13-17(22)14-24-15(3)16-9-7-6-8-10-16;/h6-10,15,17,22H,4-5,11-14H2,1-3H3,(H2,19,20,21);1H. The number of aliphatic hydroxyl groups excluding tert-OH is 1. The third-order valence-electron chi connectivity index (χ3n) is 3.35. The summed E-state index contributed by atoms with van der Waals surface area (Å²) >= 11 is 0. The predicted octanol–water partition coefficient (Wildman–Crippen LogP) is 2.33. The number of hydrogen-bond acceptors (Lipinski definition) is 4. The second-order valence-corrected chi connectivity index (χ2v) is 5.38. The molecular formula is C18H32IN3O3. The van der Waals surface area contributed by atoms with Crippen molar-refractivity contribution >= 4 is 29.9 Å². The molecule has 2 unspecified atom stereocenters. The van der Waals surface area contributed by atoms with Crippen LogP contribution in [-0.4, -0.2) is 56.6 Å². The molecule has 1 aromatic rings. The van der Waals surface area contributed by atoms with Crippen molar-refractivity contribution in [1.29, 1.82) is 0 Å². The van der Waals surface area contributed by atoms with Crippen molar-refractivity contribution in [2.24, 2.45) is 4.99 Å². The molecule has 1 rings (SSSR count). The van der Waals surface area contributed by atoms with Gasteiger partial charge in [-0.1, -0.05) is 30.3 Å². The number of nitrogens with zero attached hydrogens (tertiary/aromatic N) is 1. The molecule has 25 heavy (non-hydrogen) atoms. The van der Waals surface area contributed by atoms with Crippen LogP contribution < -0.4 is 10.6 Å². The molecule has 144 valence electrons. The topological polar surface area (TPSA) is 75.1 Å². The highest BCUT2D eigenvalue weighted by Gasteiger charge is 2.09. The lowest BCUT2D eigenvalue weighted by molar-refractivity contribution is 0.00111. The molecule has 0 radical (unpaired) electrons. The third-order valence-corrected chi connectivity index (χ3v) is 3.35. The van der Waals surface area contributed by atoms with Gasteiger partial charge < -0.3 is 25.2 Å². The lowest BCUT2D eigenvalue weighted by Crippen LogP contribution is -2.39. The Kier molecular flexibility index (Phi) is 14.8. The van der Waals surface area contributed by atoms with Crippen LogP contribution in [0.15, 0.2) is 35.3 Å². The molecule has 0 aliphatic carbocycles. The van der Waals surface area contributed by atoms with Gasteiger partial charge in [-0.2, -0.15) is 0 Å². The highest BCUT2D eigenvalue weighted by Crippen LogP contribution is 2.15. The minimum absolute atomic E-state index is 0. The van der Waals surface area contributed by atoms with Crippen molar-refractivity contribution in [3.05, 3.63) is 35.9 Å². The molecule has 0 fully saturated rings. The van der Waals surface area contributed by atoms with Crippen LogP contribution in [0.3, 0.4) is 0 Å². The predicted molar refractivity (Wildman–Crippen MR) is 113 cm³/mol. The Balaban J connectivity index is 0.00000576. The molecule has 3 N–H and O–H groups in total. The van der Waals surface area contributed by atoms with E-state index in [1.54, 1.807) is 0 Å². The monoisotopic (exact) mass is 465 g/mol. The summed E-state index contributed by atoms with van der Waals surface area (Å²) in [6.07, 6.45) is -0.694. The van der Waals surface area contributed by atoms with Crippen LogP contribution in [0, 0.1) is 0 Å². The summed E-state index contributed by atoms with van der Waals surface area (Å²) in [6.45, 7) is 9.24. The quantitative estimate of drug-likeness (QED) is 0.203. The summed E-state index contributed by atoms with van der Waals surface area (Å²) in [5.41, 5.74) is 1.10. The van der Waals surface area contributed by atoms with Crippen LogP contribution in [0.4, 0.5) is 0 Å². The fraction of sp³-hybridized carbons (Fsp3) is 0.611. The van der Waals surface area contributed by atoms with Gasteiger partial charge in [0.15, 0.2) is 5.96 Å². The van der Waals surface area contributed by atoms with Crippen molar-refractivity contribution in [1.82, 2.24) is 10.6 Å². The molecule has 0 heterocycles. The van der Waals surface area contributed by atoms with E-state index in [1.807, 2.05) is 51.1 Å². The van der Waals surface area contributed by atoms with Gasteiger partial charge in [-0.15, -0.1) is 24.0 Å². The molecule has 0 amide bonds. The van der Waals surface area contributed by atoms with Crippen LogP contribution >= 0.6 is 24.0 Å². The first-order valence-electron chi connectivity index (χ1n) is 8.61. The first kappa shape index (κ1) is 24.1. The van der Waals surface area contributed by atoms with E-state index in [0.29, 0.717) is 25.7 Å². The molecule has 0 aliphatic rings. The highest BCUT2D eigenvalue weighted by molar-refractivity contribution is 14.0. The maximum absolute atomic E-state index is 10.1. The molecule has 0 saturated carbocycles. The van der Waals surface area contributed by atoms with E-state index < -0.39 is 6.10 Å². The van der Waals surface area contributed by atoms with Crippen molar-refractivity contribution in [2.75, 3.05) is 39.5 Å². The molecule has 0 aromatic heterocycles. The molecule has 7 heteroatoms. The van der Waals surface area contributed by atoms with Crippen LogP contribution in [-0.2, 0) is 9.47 Å². The zero-order valence-electron chi connectivity index (χ0n) is 15.4. The zero-order valence-corrected chi connectivity index (χ0v) is 17.7. The number of rotatable bonds is 11. The van der Waals surface area contributed by atoms with E-state index in [-0.39, 0.29) is 43.2 Å². The SMILES string of the molecule is CCNC(=NCC(O)COC(C)c1ccccc1)NCCOCC.I. The second-order valence-electron chi connectivity index (χ2n) is 5.38. The average Bonchev–Trinajstić information content (AvgIpc) is 2.61. The van der Waals surface area contributed by atoms with Crippen LogP contribution in [0.25, 0.3) is 0 Å². The van der Waals surface area contributed by atoms with Gasteiger partial charge >= 0.3 is 0 Å². The third kappa shape index (κ3) is 11.4. The van der Waals surface area contributed by atoms with Gasteiger partial charge in [0.05, 0.1) is 32.0 Å². The maximum Gasteiger partial charge on any atom is 0.191 e. The van der Waals surface area contributed by atoms with Crippen LogP contribution in [0.1, 0.15) is 32.4 Å². The van der Waals surface area contributed by atoms with Gasteiger partial charge in [-0.05, 0) is 26.3 Å². The van der Waals surface area contributed by atoms with Crippen molar-refractivity contribution in [3.63, 3.8) is 0 Å². The van der Waals surface area contributed by atoms with Gasteiger partial charge in [-0.3, -0.25) is 4.99 Å². The second kappa shape index (κ2) is 15.4. The van der Waals surface area contributed by atoms with E-state index in [1.165, 1.54) is 0 Å². The lowest BCUT2D eigenvalue weighted by Gasteiger charge is -2.16. The number of hydrogen-bond donors (Lipinski definition) is 3. The summed E-state index contributed by atoms with van der Waals surface area (Å²) in [4.78, 5) is 4.37. The van der Waals surface area contributed by atoms with E-state index in [4.69, 9.17) is 9.47 Å². The summed E-state index contributed by atoms with van der Waals surface area (Å²) in [6, 6.07) is 9.96. The van der Waals surface area contributed by atoms with Gasteiger partial charge in [-0.25, -0.2) is 0 Å². The fourth-order valence-electron chi connectivity index (χ4n) is 2.05. The molecule has 0 bridgehead atoms. The lowest BCUT2D eigenvalue weighted by atomic mass is 10.1. The molecule has 0 aliphatic heterocycles. The summed E-state index contributed by atoms with van der Waals surface area (Å²) in [7, 11) is 0. The van der Waals surface area contributed by atoms with Crippen molar-refractivity contribution in [2.45, 2.75) is 33.0 Å². The molecule has 6 nitrogen and oxygen atoms in total. The summed E-state index contributed by atoms with van der Waals surface area (Å²) in [5.74, 6) is 0.673. The van der Waals surface area contributed by atoms with Crippen molar-refractivity contribution < 1.29 is 14.6 Å². The Morgan fingerprint density at radius 2 is 1.92 bits per heavy atom. The van der Waals surface area contributed by atoms with Gasteiger partial charge in [0, 0.05) is 19.7 Å². The molecule has 2 atom stereocenters. The average molecular weight is 465 g/mol. The number of ether oxygens (including phenoxy) is 2. The first-order valence-corrected chi connectivity index (χ1v) is 8.61. The molecule has 0 spiro atoms. The van der Waals surface area contributed by atoms with E-state index in [9.17, 15) is 5.11 Å². The highest BCUT2D eigenvalue weighted by atomic mass is 127. The first-order chi connectivity index (χ1) is 11.7. The molecule has 1 aromatic carbocycles. The number of guanidine groups is 1. The summed E-state index contributed by atoms with van der Waals surface area (Å²) in [5, 5.41) is 16.4. The van der Waals surface area contributed by atoms with E-state index in [2.05, 4.69) is 15.6 Å². The van der Waals surface area contributed by atoms with Gasteiger partial charge in [0.25, 0.3) is 0 Å². The Bertz CT molecular complexity index is 460. The van der Waals surface area contributed by atoms with E-state index in [0.717, 1.165) is 12.1 Å². The Morgan fingerprint density at radius 3 is 2.56 bits per heavy atom. The number of nitrogens with one attached hydrogen (secondary N) is 2. The smallest absolute Gasteiger partial charge is 0.191 e. The maximum atomic E-state index is 10.1. The summed E-state index contributed by atoms with van der Waals surface area (Å²) < 4.78 is 11.0. The minimum Gasteiger partial charge on any atom is -0.389 e. The number of benzene rings is 1. The number of aliphatic hydroxyl groups is 1. The Labute approximate surface area is 168 Å². The van der Waals surface area contributed by atoms with Crippen LogP contribution in [0.5, 0.6) is 0 Å². The van der Waals surface area contributed by atoms with Crippen molar-refractivity contribution in [3.8, 4) is 0 Å². The molecule has 0 saturated heterocycles. The minimum atomic E-state index is -0.640. The fourth-order valence-corrected chi connectivity index (χ4v) is 2.05. The normalized spacial score (nSPS) is 13.7. The Hall–Kier alpha value is -0.900. The molecular weight excluding hydrogens is 433 g/mol. The number of aliphatic imine (C=N–C) groups is 1. The number of halogens is 1. The van der Waals surface area contributed by atoms with E-state index >= 15 is 0 Å².